The maximum Gasteiger partial charge on any atom is 0.121 e. The second-order valence-corrected chi connectivity index (χ2v) is 6.16. The normalized spacial score (nSPS) is 13.2. The third kappa shape index (κ3) is 6.27. The molecule has 0 aliphatic rings. The van der Waals surface area contributed by atoms with E-state index in [1.807, 2.05) is 39.0 Å². The first-order valence-electron chi connectivity index (χ1n) is 6.21. The Morgan fingerprint density at radius 1 is 1.37 bits per heavy atom. The van der Waals surface area contributed by atoms with Crippen LogP contribution in [0, 0.1) is 0 Å². The van der Waals surface area contributed by atoms with Crippen molar-refractivity contribution in [2.45, 2.75) is 32.5 Å². The first kappa shape index (κ1) is 16.3. The van der Waals surface area contributed by atoms with Gasteiger partial charge in [-0.1, -0.05) is 0 Å². The maximum absolute atomic E-state index is 9.86. The van der Waals surface area contributed by atoms with Crippen molar-refractivity contribution < 1.29 is 14.6 Å². The Labute approximate surface area is 123 Å². The van der Waals surface area contributed by atoms with E-state index >= 15 is 0 Å². The molecule has 1 aromatic rings. The third-order valence-corrected chi connectivity index (χ3v) is 3.10. The third-order valence-electron chi connectivity index (χ3n) is 2.41. The molecule has 5 heteroatoms. The Hall–Kier alpha value is -0.780. The lowest BCUT2D eigenvalue weighted by Crippen LogP contribution is -2.30. The van der Waals surface area contributed by atoms with Crippen LogP contribution < -0.4 is 10.1 Å². The summed E-state index contributed by atoms with van der Waals surface area (Å²) in [6.45, 7) is 6.61. The van der Waals surface area contributed by atoms with Crippen molar-refractivity contribution in [3.8, 4) is 5.75 Å². The summed E-state index contributed by atoms with van der Waals surface area (Å²) in [6, 6.07) is 5.65. The van der Waals surface area contributed by atoms with Gasteiger partial charge in [0.2, 0.25) is 0 Å². The molecule has 0 saturated carbocycles. The smallest absolute Gasteiger partial charge is 0.121 e. The first-order chi connectivity index (χ1) is 8.81. The number of hydrogen-bond donors (Lipinski definition) is 2. The number of nitrogens with one attached hydrogen (secondary N) is 1. The summed E-state index contributed by atoms with van der Waals surface area (Å²) in [7, 11) is 1.62. The molecule has 0 fully saturated rings. The molecular formula is C14H22BrNO3. The molecule has 108 valence electrons. The fourth-order valence-electron chi connectivity index (χ4n) is 1.40. The van der Waals surface area contributed by atoms with E-state index < -0.39 is 6.10 Å². The highest BCUT2D eigenvalue weighted by Crippen LogP contribution is 2.27. The lowest BCUT2D eigenvalue weighted by Gasteiger charge is -2.22. The molecule has 1 atom stereocenters. The van der Waals surface area contributed by atoms with Crippen LogP contribution in [0.15, 0.2) is 22.7 Å². The summed E-state index contributed by atoms with van der Waals surface area (Å²) < 4.78 is 11.6. The van der Waals surface area contributed by atoms with Crippen molar-refractivity contribution in [2.24, 2.45) is 0 Å². The number of anilines is 1. The summed E-state index contributed by atoms with van der Waals surface area (Å²) in [4.78, 5) is 0. The van der Waals surface area contributed by atoms with Gasteiger partial charge in [-0.05, 0) is 48.8 Å². The Bertz CT molecular complexity index is 404. The quantitative estimate of drug-likeness (QED) is 0.841. The molecule has 0 amide bonds. The van der Waals surface area contributed by atoms with Crippen LogP contribution in [0.1, 0.15) is 20.8 Å². The van der Waals surface area contributed by atoms with Gasteiger partial charge in [-0.2, -0.15) is 0 Å². The van der Waals surface area contributed by atoms with E-state index in [1.165, 1.54) is 0 Å². The number of ether oxygens (including phenoxy) is 2. The van der Waals surface area contributed by atoms with E-state index in [1.54, 1.807) is 7.11 Å². The fraction of sp³-hybridized carbons (Fsp3) is 0.571. The number of rotatable bonds is 6. The highest BCUT2D eigenvalue weighted by molar-refractivity contribution is 9.10. The van der Waals surface area contributed by atoms with Gasteiger partial charge in [0, 0.05) is 17.1 Å². The van der Waals surface area contributed by atoms with Crippen molar-refractivity contribution >= 4 is 21.6 Å². The zero-order valence-electron chi connectivity index (χ0n) is 11.9. The summed E-state index contributed by atoms with van der Waals surface area (Å²) >= 11 is 3.45. The molecule has 2 N–H and O–H groups in total. The predicted octanol–water partition coefficient (Wildman–Crippen LogP) is 3.05. The minimum absolute atomic E-state index is 0.239. The lowest BCUT2D eigenvalue weighted by molar-refractivity contribution is -0.0449. The molecule has 4 nitrogen and oxygen atoms in total. The number of methoxy groups -OCH3 is 1. The summed E-state index contributed by atoms with van der Waals surface area (Å²) in [5.41, 5.74) is 0.645. The zero-order valence-corrected chi connectivity index (χ0v) is 13.5. The van der Waals surface area contributed by atoms with Gasteiger partial charge in [-0.15, -0.1) is 0 Å². The average Bonchev–Trinajstić information content (AvgIpc) is 2.34. The van der Waals surface area contributed by atoms with Crippen molar-refractivity contribution in [1.29, 1.82) is 0 Å². The number of aliphatic hydroxyl groups is 1. The number of halogens is 1. The standard InChI is InChI=1S/C14H22BrNO3/c1-14(2,3)19-9-10(17)8-16-13-7-11(18-4)5-6-12(13)15/h5-7,10,16-17H,8-9H2,1-4H3. The van der Waals surface area contributed by atoms with Gasteiger partial charge in [-0.3, -0.25) is 0 Å². The summed E-state index contributed by atoms with van der Waals surface area (Å²) in [6.07, 6.45) is -0.558. The molecule has 1 aromatic carbocycles. The minimum atomic E-state index is -0.558. The molecular weight excluding hydrogens is 310 g/mol. The van der Waals surface area contributed by atoms with Crippen LogP contribution in [0.4, 0.5) is 5.69 Å². The van der Waals surface area contributed by atoms with Gasteiger partial charge in [0.05, 0.1) is 31.1 Å². The van der Waals surface area contributed by atoms with Crippen LogP contribution >= 0.6 is 15.9 Å². The molecule has 0 heterocycles. The van der Waals surface area contributed by atoms with Crippen LogP contribution in [-0.2, 0) is 4.74 Å². The van der Waals surface area contributed by atoms with Crippen LogP contribution in [-0.4, -0.2) is 37.1 Å². The van der Waals surface area contributed by atoms with Gasteiger partial charge in [-0.25, -0.2) is 0 Å². The van der Waals surface area contributed by atoms with Crippen LogP contribution in [0.2, 0.25) is 0 Å². The molecule has 0 aromatic heterocycles. The van der Waals surface area contributed by atoms with Gasteiger partial charge in [0.25, 0.3) is 0 Å². The molecule has 0 aliphatic heterocycles. The topological polar surface area (TPSA) is 50.7 Å². The van der Waals surface area contributed by atoms with E-state index in [4.69, 9.17) is 9.47 Å². The minimum Gasteiger partial charge on any atom is -0.497 e. The van der Waals surface area contributed by atoms with Crippen LogP contribution in [0.5, 0.6) is 5.75 Å². The van der Waals surface area contributed by atoms with Gasteiger partial charge < -0.3 is 19.9 Å². The van der Waals surface area contributed by atoms with Gasteiger partial charge in [0.15, 0.2) is 0 Å². The van der Waals surface area contributed by atoms with Gasteiger partial charge >= 0.3 is 0 Å². The van der Waals surface area contributed by atoms with E-state index in [9.17, 15) is 5.11 Å². The van der Waals surface area contributed by atoms with E-state index in [0.29, 0.717) is 13.2 Å². The fourth-order valence-corrected chi connectivity index (χ4v) is 1.79. The Balaban J connectivity index is 2.47. The summed E-state index contributed by atoms with van der Waals surface area (Å²) in [5.74, 6) is 0.770. The first-order valence-corrected chi connectivity index (χ1v) is 7.00. The molecule has 1 unspecified atom stereocenters. The van der Waals surface area contributed by atoms with E-state index in [-0.39, 0.29) is 5.60 Å². The number of benzene rings is 1. The highest BCUT2D eigenvalue weighted by atomic mass is 79.9. The highest BCUT2D eigenvalue weighted by Gasteiger charge is 2.13. The lowest BCUT2D eigenvalue weighted by atomic mass is 10.2. The molecule has 19 heavy (non-hydrogen) atoms. The zero-order chi connectivity index (χ0) is 14.5. The Morgan fingerprint density at radius 2 is 2.05 bits per heavy atom. The SMILES string of the molecule is COc1ccc(Br)c(NCC(O)COC(C)(C)C)c1. The molecule has 0 bridgehead atoms. The monoisotopic (exact) mass is 331 g/mol. The van der Waals surface area contributed by atoms with Crippen LogP contribution in [0.25, 0.3) is 0 Å². The second kappa shape index (κ2) is 7.12. The second-order valence-electron chi connectivity index (χ2n) is 5.30. The van der Waals surface area contributed by atoms with Gasteiger partial charge in [0.1, 0.15) is 5.75 Å². The largest absolute Gasteiger partial charge is 0.497 e. The molecule has 0 spiro atoms. The molecule has 0 saturated heterocycles. The number of aliphatic hydroxyl groups excluding tert-OH is 1. The molecule has 1 rings (SSSR count). The van der Waals surface area contributed by atoms with Crippen LogP contribution in [0.3, 0.4) is 0 Å². The van der Waals surface area contributed by atoms with E-state index in [0.717, 1.165) is 15.9 Å². The number of hydrogen-bond acceptors (Lipinski definition) is 4. The molecule has 0 aliphatic carbocycles. The molecule has 0 radical (unpaired) electrons. The summed E-state index contributed by atoms with van der Waals surface area (Å²) in [5, 5.41) is 13.0. The Kier molecular flexibility index (Phi) is 6.10. The maximum atomic E-state index is 9.86. The van der Waals surface area contributed by atoms with Crippen molar-refractivity contribution in [3.63, 3.8) is 0 Å². The van der Waals surface area contributed by atoms with E-state index in [2.05, 4.69) is 21.2 Å². The van der Waals surface area contributed by atoms with Crippen molar-refractivity contribution in [2.75, 3.05) is 25.6 Å². The van der Waals surface area contributed by atoms with Crippen molar-refractivity contribution in [1.82, 2.24) is 0 Å². The van der Waals surface area contributed by atoms with Crippen molar-refractivity contribution in [3.05, 3.63) is 22.7 Å². The predicted molar refractivity (Wildman–Crippen MR) is 80.9 cm³/mol. The Morgan fingerprint density at radius 3 is 2.63 bits per heavy atom. The average molecular weight is 332 g/mol.